The molecule has 4 nitrogen and oxygen atoms in total. The molecule has 0 bridgehead atoms. The van der Waals surface area contributed by atoms with Crippen molar-refractivity contribution >= 4 is 55.6 Å². The van der Waals surface area contributed by atoms with Crippen LogP contribution in [-0.4, -0.2) is 22.2 Å². The van der Waals surface area contributed by atoms with Gasteiger partial charge in [0.25, 0.3) is 0 Å². The van der Waals surface area contributed by atoms with Gasteiger partial charge in [-0.1, -0.05) is 92.2 Å². The fourth-order valence-electron chi connectivity index (χ4n) is 6.20. The van der Waals surface area contributed by atoms with Gasteiger partial charge < -0.3 is 10.2 Å². The summed E-state index contributed by atoms with van der Waals surface area (Å²) in [4.78, 5) is 22.4. The highest BCUT2D eigenvalue weighted by atomic mass is 79.9. The topological polar surface area (TPSA) is 74.6 Å². The Bertz CT molecular complexity index is 1790. The van der Waals surface area contributed by atoms with E-state index in [-0.39, 0.29) is 46.2 Å². The van der Waals surface area contributed by atoms with Crippen LogP contribution in [0.2, 0.25) is 0 Å². The Kier molecular flexibility index (Phi) is 8.80. The summed E-state index contributed by atoms with van der Waals surface area (Å²) in [6.45, 7) is 0. The zero-order valence-corrected chi connectivity index (χ0v) is 27.8. The number of halogens is 8. The molecular weight excluding hydrogens is 778 g/mol. The van der Waals surface area contributed by atoms with Gasteiger partial charge in [0.2, 0.25) is 0 Å². The lowest BCUT2D eigenvalue weighted by Crippen LogP contribution is -2.14. The molecule has 2 aliphatic carbocycles. The van der Waals surface area contributed by atoms with E-state index < -0.39 is 68.9 Å². The zero-order chi connectivity index (χ0) is 34.0. The summed E-state index contributed by atoms with van der Waals surface area (Å²) < 4.78 is 91.5. The second kappa shape index (κ2) is 12.3. The van der Waals surface area contributed by atoms with Crippen molar-refractivity contribution in [1.29, 1.82) is 0 Å². The van der Waals surface area contributed by atoms with Gasteiger partial charge in [0.05, 0.1) is 23.0 Å². The Balaban J connectivity index is 1.60. The molecule has 2 saturated carbocycles. The maximum Gasteiger partial charge on any atom is 0.418 e. The fraction of sp³-hybridized carbons (Fsp3) is 0.235. The van der Waals surface area contributed by atoms with Crippen molar-refractivity contribution in [3.8, 4) is 22.3 Å². The van der Waals surface area contributed by atoms with E-state index in [0.717, 1.165) is 12.1 Å². The van der Waals surface area contributed by atoms with Gasteiger partial charge >= 0.3 is 24.3 Å². The first-order valence-corrected chi connectivity index (χ1v) is 16.6. The van der Waals surface area contributed by atoms with E-state index in [0.29, 0.717) is 20.7 Å². The molecule has 6 rings (SSSR count). The van der Waals surface area contributed by atoms with Crippen LogP contribution in [0.25, 0.3) is 22.3 Å². The zero-order valence-electron chi connectivity index (χ0n) is 23.8. The van der Waals surface area contributed by atoms with Crippen LogP contribution in [-0.2, 0) is 21.9 Å². The third-order valence-corrected chi connectivity index (χ3v) is 11.0. The van der Waals surface area contributed by atoms with Crippen molar-refractivity contribution in [2.24, 2.45) is 11.8 Å². The van der Waals surface area contributed by atoms with Crippen LogP contribution < -0.4 is 0 Å². The van der Waals surface area contributed by atoms with Gasteiger partial charge in [-0.15, -0.1) is 0 Å². The number of carboxylic acid groups (broad SMARTS) is 2. The summed E-state index contributed by atoms with van der Waals surface area (Å²) in [5.74, 6) is -5.47. The summed E-state index contributed by atoms with van der Waals surface area (Å²) >= 11 is 6.94. The quantitative estimate of drug-likeness (QED) is 0.174. The first kappa shape index (κ1) is 33.6. The Hall–Kier alpha value is -3.29. The second-order valence-electron chi connectivity index (χ2n) is 11.4. The predicted octanol–water partition coefficient (Wildman–Crippen LogP) is 11.1. The lowest BCUT2D eigenvalue weighted by molar-refractivity contribution is -0.139. The molecule has 2 aliphatic rings. The Morgan fingerprint density at radius 2 is 0.979 bits per heavy atom. The van der Waals surface area contributed by atoms with Crippen LogP contribution in [0.1, 0.15) is 46.9 Å². The molecule has 47 heavy (non-hydrogen) atoms. The minimum Gasteiger partial charge on any atom is -0.481 e. The number of carbonyl (C=O) groups is 2. The van der Waals surface area contributed by atoms with Crippen LogP contribution in [0.5, 0.6) is 0 Å². The fourth-order valence-corrected chi connectivity index (χ4v) is 8.32. The number of hydrogen-bond acceptors (Lipinski definition) is 3. The summed E-state index contributed by atoms with van der Waals surface area (Å²) in [6, 6.07) is 17.2. The minimum absolute atomic E-state index is 0.127. The number of benzene rings is 4. The molecule has 0 amide bonds. The number of alkyl halides is 6. The van der Waals surface area contributed by atoms with Gasteiger partial charge in [-0.3, -0.25) is 9.59 Å². The molecule has 0 saturated heterocycles. The smallest absolute Gasteiger partial charge is 0.418 e. The number of carboxylic acids is 2. The lowest BCUT2D eigenvalue weighted by Gasteiger charge is -2.24. The molecule has 0 aliphatic heterocycles. The Morgan fingerprint density at radius 3 is 1.28 bits per heavy atom. The maximum atomic E-state index is 15.1. The number of hydrogen-bond donors (Lipinski definition) is 2. The van der Waals surface area contributed by atoms with Crippen molar-refractivity contribution in [2.75, 3.05) is 0 Å². The predicted molar refractivity (Wildman–Crippen MR) is 170 cm³/mol. The van der Waals surface area contributed by atoms with Crippen LogP contribution >= 0.6 is 43.6 Å². The molecule has 2 N–H and O–H groups in total. The molecule has 13 heteroatoms. The largest absolute Gasteiger partial charge is 0.481 e. The maximum absolute atomic E-state index is 15.1. The van der Waals surface area contributed by atoms with Crippen LogP contribution in [0.15, 0.2) is 91.5 Å². The van der Waals surface area contributed by atoms with Crippen molar-refractivity contribution in [3.05, 3.63) is 104 Å². The number of aliphatic carboxylic acids is 2. The van der Waals surface area contributed by atoms with E-state index in [4.69, 9.17) is 0 Å². The molecule has 0 spiro atoms. The van der Waals surface area contributed by atoms with Gasteiger partial charge in [0, 0.05) is 18.7 Å². The average Bonchev–Trinajstić information content (AvgIpc) is 3.91. The van der Waals surface area contributed by atoms with Crippen LogP contribution in [0.3, 0.4) is 0 Å². The molecule has 4 atom stereocenters. The van der Waals surface area contributed by atoms with Gasteiger partial charge in [0.15, 0.2) is 0 Å². The highest BCUT2D eigenvalue weighted by Crippen LogP contribution is 2.58. The van der Waals surface area contributed by atoms with E-state index in [1.165, 1.54) is 48.5 Å². The Morgan fingerprint density at radius 1 is 0.617 bits per heavy atom. The van der Waals surface area contributed by atoms with Gasteiger partial charge in [0.1, 0.15) is 0 Å². The van der Waals surface area contributed by atoms with Crippen LogP contribution in [0, 0.1) is 11.8 Å². The molecule has 2 fully saturated rings. The van der Waals surface area contributed by atoms with Crippen molar-refractivity contribution in [1.82, 2.24) is 0 Å². The molecule has 244 valence electrons. The molecule has 4 aromatic rings. The first-order chi connectivity index (χ1) is 22.1. The number of rotatable bonds is 8. The SMILES string of the molecule is O=C(O)[C@@H]1C[C@H]1c1ccc(Sc2ccc([C@@H]3C[C@H]3C(=O)O)c(-c3ccccc3Br)c2C(F)(F)F)c(C(F)(F)F)c1-c1ccccc1Br. The molecule has 4 aromatic carbocycles. The van der Waals surface area contributed by atoms with Crippen molar-refractivity contribution < 1.29 is 46.1 Å². The second-order valence-corrected chi connectivity index (χ2v) is 14.2. The highest BCUT2D eigenvalue weighted by Gasteiger charge is 2.50. The standard InChI is InChI=1S/C34H22Br2F6O4S/c35-23-7-3-1-5-17(23)27-15(19-13-21(19)31(43)44)9-11-25(29(27)33(37,38)39)47-26-12-10-16(20-14-22(20)32(45)46)28(30(26)34(40,41)42)18-6-2-4-8-24(18)36/h1-12,19-22H,13-14H2,(H,43,44)(H,45,46)/t19-,20-,21+,22+/m0/s1. The summed E-state index contributed by atoms with van der Waals surface area (Å²) in [6.07, 6.45) is -9.82. The summed E-state index contributed by atoms with van der Waals surface area (Å²) in [5, 5.41) is 19.1. The van der Waals surface area contributed by atoms with Crippen molar-refractivity contribution in [3.63, 3.8) is 0 Å². The molecule has 0 aromatic heterocycles. The van der Waals surface area contributed by atoms with Crippen LogP contribution in [0.4, 0.5) is 26.3 Å². The van der Waals surface area contributed by atoms with E-state index >= 15 is 26.3 Å². The first-order valence-electron chi connectivity index (χ1n) is 14.2. The van der Waals surface area contributed by atoms with E-state index in [1.807, 2.05) is 0 Å². The normalized spacial score (nSPS) is 20.6. The lowest BCUT2D eigenvalue weighted by atomic mass is 9.90. The minimum atomic E-state index is -5.04. The van der Waals surface area contributed by atoms with Crippen molar-refractivity contribution in [2.45, 2.75) is 46.8 Å². The van der Waals surface area contributed by atoms with Gasteiger partial charge in [-0.05, 0) is 82.3 Å². The van der Waals surface area contributed by atoms with E-state index in [2.05, 4.69) is 31.9 Å². The summed E-state index contributed by atoms with van der Waals surface area (Å²) in [5.41, 5.74) is -2.37. The highest BCUT2D eigenvalue weighted by molar-refractivity contribution is 9.11. The van der Waals surface area contributed by atoms with Gasteiger partial charge in [-0.25, -0.2) is 0 Å². The molecule has 0 radical (unpaired) electrons. The average molecular weight is 800 g/mol. The third kappa shape index (κ3) is 6.46. The Labute approximate surface area is 285 Å². The van der Waals surface area contributed by atoms with E-state index in [1.54, 1.807) is 12.1 Å². The molecular formula is C34H22Br2F6O4S. The third-order valence-electron chi connectivity index (χ3n) is 8.49. The molecule has 0 unspecified atom stereocenters. The van der Waals surface area contributed by atoms with Gasteiger partial charge in [-0.2, -0.15) is 26.3 Å². The monoisotopic (exact) mass is 798 g/mol. The summed E-state index contributed by atoms with van der Waals surface area (Å²) in [7, 11) is 0. The molecule has 0 heterocycles. The van der Waals surface area contributed by atoms with E-state index in [9.17, 15) is 19.8 Å².